The van der Waals surface area contributed by atoms with Gasteiger partial charge >= 0.3 is 6.03 Å². The lowest BCUT2D eigenvalue weighted by Crippen LogP contribution is -2.35. The Labute approximate surface area is 279 Å². The molecule has 43 heavy (non-hydrogen) atoms. The predicted molar refractivity (Wildman–Crippen MR) is 184 cm³/mol. The molecule has 10 nitrogen and oxygen atoms in total. The van der Waals surface area contributed by atoms with E-state index < -0.39 is 6.03 Å². The van der Waals surface area contributed by atoms with Gasteiger partial charge in [0.15, 0.2) is 0 Å². The molecule has 0 spiro atoms. The maximum absolute atomic E-state index is 13.8. The van der Waals surface area contributed by atoms with Crippen molar-refractivity contribution in [3.05, 3.63) is 69.7 Å². The largest absolute Gasteiger partial charge is 0.496 e. The lowest BCUT2D eigenvalue weighted by atomic mass is 10.0. The fourth-order valence-corrected chi connectivity index (χ4v) is 7.52. The second-order valence-electron chi connectivity index (χ2n) is 9.98. The second-order valence-corrected chi connectivity index (χ2v) is 12.5. The third-order valence-electron chi connectivity index (χ3n) is 7.41. The van der Waals surface area contributed by atoms with Gasteiger partial charge in [0.1, 0.15) is 21.5 Å². The molecule has 2 aromatic heterocycles. The van der Waals surface area contributed by atoms with E-state index in [2.05, 4.69) is 71.8 Å². The highest BCUT2D eigenvalue weighted by molar-refractivity contribution is 14.1. The molecular formula is C30H26I2N6O4S. The normalized spacial score (nSPS) is 14.8. The Hall–Kier alpha value is -3.04. The van der Waals surface area contributed by atoms with Crippen LogP contribution in [-0.2, 0) is 20.1 Å². The van der Waals surface area contributed by atoms with Crippen LogP contribution in [0.3, 0.4) is 0 Å². The summed E-state index contributed by atoms with van der Waals surface area (Å²) in [6, 6.07) is 13.4. The van der Waals surface area contributed by atoms with E-state index in [0.717, 1.165) is 54.0 Å². The quantitative estimate of drug-likeness (QED) is 0.148. The molecule has 2 N–H and O–H groups in total. The molecule has 0 saturated carbocycles. The molecule has 0 radical (unpaired) electrons. The van der Waals surface area contributed by atoms with Gasteiger partial charge in [0.2, 0.25) is 0 Å². The van der Waals surface area contributed by atoms with Gasteiger partial charge in [0, 0.05) is 52.0 Å². The Kier molecular flexibility index (Phi) is 9.00. The fourth-order valence-electron chi connectivity index (χ4n) is 5.31. The maximum Gasteiger partial charge on any atom is 0.331 e. The molecule has 4 heterocycles. The lowest BCUT2D eigenvalue weighted by Gasteiger charge is -2.31. The zero-order chi connectivity index (χ0) is 30.1. The first-order valence-corrected chi connectivity index (χ1v) is 17.3. The number of hydrogen-bond acceptors (Lipinski definition) is 8. The van der Waals surface area contributed by atoms with Gasteiger partial charge in [-0.1, -0.05) is 57.3 Å². The van der Waals surface area contributed by atoms with Gasteiger partial charge in [0.25, 0.3) is 5.91 Å². The van der Waals surface area contributed by atoms with Gasteiger partial charge < -0.3 is 20.1 Å². The molecule has 4 aromatic rings. The minimum Gasteiger partial charge on any atom is -0.496 e. The van der Waals surface area contributed by atoms with Crippen LogP contribution in [0.15, 0.2) is 42.6 Å². The van der Waals surface area contributed by atoms with Gasteiger partial charge in [-0.2, -0.15) is 5.26 Å². The molecule has 0 bridgehead atoms. The van der Waals surface area contributed by atoms with Crippen LogP contribution in [0.25, 0.3) is 10.2 Å². The highest BCUT2D eigenvalue weighted by atomic mass is 127. The molecule has 3 amide bonds. The van der Waals surface area contributed by atoms with E-state index >= 15 is 0 Å². The van der Waals surface area contributed by atoms with Crippen molar-refractivity contribution >= 4 is 101 Å². The van der Waals surface area contributed by atoms with Crippen LogP contribution in [0.2, 0.25) is 0 Å². The van der Waals surface area contributed by atoms with E-state index in [-0.39, 0.29) is 11.5 Å². The van der Waals surface area contributed by atoms with E-state index in [4.69, 9.17) is 9.47 Å². The van der Waals surface area contributed by atoms with E-state index in [1.54, 1.807) is 7.11 Å². The molecule has 2 aromatic carbocycles. The summed E-state index contributed by atoms with van der Waals surface area (Å²) in [5.41, 5.74) is 5.34. The summed E-state index contributed by atoms with van der Waals surface area (Å²) in [6.07, 6.45) is 1.46. The van der Waals surface area contributed by atoms with Gasteiger partial charge in [0.05, 0.1) is 48.3 Å². The number of methoxy groups -OCH3 is 1. The number of urea groups is 1. The molecule has 0 unspecified atom stereocenters. The number of carbonyl (C=O) groups is 2. The molecule has 0 atom stereocenters. The fraction of sp³-hybridized carbons (Fsp3) is 0.267. The minimum atomic E-state index is -0.466. The van der Waals surface area contributed by atoms with Crippen molar-refractivity contribution in [2.24, 2.45) is 0 Å². The molecule has 6 rings (SSSR count). The summed E-state index contributed by atoms with van der Waals surface area (Å²) in [4.78, 5) is 36.6. The number of amides is 3. The first-order valence-electron chi connectivity index (χ1n) is 13.4. The Bertz CT molecular complexity index is 1770. The summed E-state index contributed by atoms with van der Waals surface area (Å²) in [6.45, 7) is 4.10. The lowest BCUT2D eigenvalue weighted by molar-refractivity contribution is 0.0342. The summed E-state index contributed by atoms with van der Waals surface area (Å²) >= 11 is 5.73. The summed E-state index contributed by atoms with van der Waals surface area (Å²) in [7, 11) is 1.60. The Morgan fingerprint density at radius 2 is 1.93 bits per heavy atom. The monoisotopic (exact) mass is 820 g/mol. The van der Waals surface area contributed by atoms with Gasteiger partial charge in [-0.15, -0.1) is 11.3 Å². The van der Waals surface area contributed by atoms with Crippen molar-refractivity contribution < 1.29 is 19.1 Å². The number of hydrogen-bond donors (Lipinski definition) is 2. The number of ether oxygens (including phenoxy) is 2. The number of thiophene rings is 1. The number of alkyl halides is 2. The highest BCUT2D eigenvalue weighted by Gasteiger charge is 2.36. The van der Waals surface area contributed by atoms with E-state index in [1.165, 1.54) is 22.4 Å². The second kappa shape index (κ2) is 12.9. The predicted octanol–water partition coefficient (Wildman–Crippen LogP) is 6.81. The molecule has 13 heteroatoms. The van der Waals surface area contributed by atoms with Crippen LogP contribution < -0.4 is 20.3 Å². The molecule has 2 aliphatic rings. The summed E-state index contributed by atoms with van der Waals surface area (Å²) in [5, 5.41) is 16.5. The first kappa shape index (κ1) is 30.0. The minimum absolute atomic E-state index is 0.237. The van der Waals surface area contributed by atoms with Gasteiger partial charge in [-0.05, 0) is 29.3 Å². The van der Waals surface area contributed by atoms with Crippen LogP contribution in [0.5, 0.6) is 5.75 Å². The molecule has 1 saturated heterocycles. The van der Waals surface area contributed by atoms with Crippen molar-refractivity contribution in [3.63, 3.8) is 0 Å². The van der Waals surface area contributed by atoms with E-state index in [1.807, 2.05) is 36.4 Å². The van der Waals surface area contributed by atoms with Crippen LogP contribution in [0, 0.1) is 11.3 Å². The first-order chi connectivity index (χ1) is 20.9. The van der Waals surface area contributed by atoms with Crippen molar-refractivity contribution in [1.82, 2.24) is 9.88 Å². The maximum atomic E-state index is 13.8. The summed E-state index contributed by atoms with van der Waals surface area (Å²) < 4.78 is 12.4. The number of morpholine rings is 1. The smallest absolute Gasteiger partial charge is 0.331 e. The third kappa shape index (κ3) is 5.78. The molecular weight excluding hydrogens is 794 g/mol. The number of carbonyl (C=O) groups excluding carboxylic acids is 2. The number of rotatable bonds is 8. The summed E-state index contributed by atoms with van der Waals surface area (Å²) in [5.74, 6) is 0.292. The van der Waals surface area contributed by atoms with Crippen LogP contribution >= 0.6 is 56.5 Å². The number of nitrogens with one attached hydrogen (secondary N) is 2. The van der Waals surface area contributed by atoms with Crippen LogP contribution in [0.4, 0.5) is 27.5 Å². The molecule has 1 fully saturated rings. The average Bonchev–Trinajstić information content (AvgIpc) is 3.41. The van der Waals surface area contributed by atoms with Crippen molar-refractivity contribution in [2.45, 2.75) is 15.4 Å². The van der Waals surface area contributed by atoms with Crippen LogP contribution in [-0.4, -0.2) is 55.2 Å². The van der Waals surface area contributed by atoms with Crippen molar-refractivity contribution in [3.8, 4) is 11.8 Å². The van der Waals surface area contributed by atoms with Crippen molar-refractivity contribution in [2.75, 3.05) is 48.9 Å². The zero-order valence-electron chi connectivity index (χ0n) is 23.1. The van der Waals surface area contributed by atoms with E-state index in [9.17, 15) is 14.9 Å². The third-order valence-corrected chi connectivity index (χ3v) is 10.2. The number of aromatic nitrogens is 1. The van der Waals surface area contributed by atoms with Gasteiger partial charge in [-0.3, -0.25) is 14.6 Å². The number of benzene rings is 2. The number of nitrogens with zero attached hydrogens (tertiary/aromatic N) is 4. The highest BCUT2D eigenvalue weighted by Crippen LogP contribution is 2.49. The standard InChI is InChI=1S/C30H26I2N6O4S/c1-41-23-11-22(18(12-31)10-19(23)13-32)38-26-20(14-33)15-34-29-24(26)25(36-30(38)40)27(43-29)28(39)35-21-4-2-17(3-5-21)16-37-6-8-42-9-7-37/h2-5,10-11,15H,6-9,12-13,16H2,1H3,(H,35,39)(H,36,40). The SMILES string of the molecule is COc1cc(N2C(=O)Nc3c(C(=O)Nc4ccc(CN5CCOCC5)cc4)sc4ncc(C#N)c2c34)c(CI)cc1CI. The van der Waals surface area contributed by atoms with Crippen LogP contribution in [0.1, 0.15) is 31.9 Å². The Morgan fingerprint density at radius 3 is 2.60 bits per heavy atom. The molecule has 0 aliphatic carbocycles. The van der Waals surface area contributed by atoms with Crippen molar-refractivity contribution in [1.29, 1.82) is 5.26 Å². The number of anilines is 4. The Morgan fingerprint density at radius 1 is 1.19 bits per heavy atom. The number of halogens is 2. The topological polar surface area (TPSA) is 120 Å². The molecule has 2 aliphatic heterocycles. The average molecular weight is 820 g/mol. The zero-order valence-corrected chi connectivity index (χ0v) is 28.2. The van der Waals surface area contributed by atoms with Gasteiger partial charge in [-0.25, -0.2) is 9.78 Å². The number of pyridine rings is 1. The number of nitriles is 1. The molecule has 220 valence electrons. The Balaban J connectivity index is 1.36. The van der Waals surface area contributed by atoms with E-state index in [0.29, 0.717) is 48.0 Å².